The summed E-state index contributed by atoms with van der Waals surface area (Å²) >= 11 is 0. The number of nitriles is 1. The van der Waals surface area contributed by atoms with Gasteiger partial charge in [0.1, 0.15) is 0 Å². The molecule has 1 heterocycles. The summed E-state index contributed by atoms with van der Waals surface area (Å²) in [6.07, 6.45) is 7.51. The summed E-state index contributed by atoms with van der Waals surface area (Å²) in [4.78, 5) is 18.6. The molecule has 21 heavy (non-hydrogen) atoms. The number of hydrogen-bond acceptors (Lipinski definition) is 4. The molecule has 2 atom stereocenters. The quantitative estimate of drug-likeness (QED) is 0.895. The summed E-state index contributed by atoms with van der Waals surface area (Å²) < 4.78 is 0. The molecule has 0 spiro atoms. The van der Waals surface area contributed by atoms with Gasteiger partial charge in [-0.3, -0.25) is 9.78 Å². The highest BCUT2D eigenvalue weighted by Gasteiger charge is 2.28. The van der Waals surface area contributed by atoms with Crippen LogP contribution < -0.4 is 5.73 Å². The van der Waals surface area contributed by atoms with E-state index in [4.69, 9.17) is 11.0 Å². The van der Waals surface area contributed by atoms with E-state index in [1.165, 1.54) is 0 Å². The number of nitrogens with two attached hydrogens (primary N) is 1. The Labute approximate surface area is 125 Å². The van der Waals surface area contributed by atoms with E-state index in [0.29, 0.717) is 19.5 Å². The third-order valence-electron chi connectivity index (χ3n) is 3.97. The Bertz CT molecular complexity index is 497. The second-order valence-corrected chi connectivity index (χ2v) is 5.65. The maximum Gasteiger partial charge on any atom is 0.226 e. The van der Waals surface area contributed by atoms with Crippen molar-refractivity contribution in [1.29, 1.82) is 5.26 Å². The van der Waals surface area contributed by atoms with Crippen molar-refractivity contribution in [3.05, 3.63) is 30.1 Å². The molecule has 1 aromatic rings. The number of nitrogens with zero attached hydrogens (tertiary/aromatic N) is 3. The van der Waals surface area contributed by atoms with Gasteiger partial charge >= 0.3 is 0 Å². The van der Waals surface area contributed by atoms with Crippen LogP contribution in [0.25, 0.3) is 0 Å². The van der Waals surface area contributed by atoms with Crippen LogP contribution in [0, 0.1) is 17.2 Å². The normalized spacial score (nSPS) is 21.5. The van der Waals surface area contributed by atoms with Gasteiger partial charge in [-0.25, -0.2) is 0 Å². The molecule has 0 radical (unpaired) electrons. The number of carbonyl (C=O) groups excluding carboxylic acids is 1. The first-order chi connectivity index (χ1) is 10.2. The van der Waals surface area contributed by atoms with E-state index in [1.54, 1.807) is 17.3 Å². The van der Waals surface area contributed by atoms with Crippen LogP contribution >= 0.6 is 0 Å². The van der Waals surface area contributed by atoms with E-state index in [1.807, 2.05) is 12.1 Å². The van der Waals surface area contributed by atoms with Gasteiger partial charge in [-0.2, -0.15) is 5.26 Å². The summed E-state index contributed by atoms with van der Waals surface area (Å²) in [5.41, 5.74) is 6.97. The average Bonchev–Trinajstić information content (AvgIpc) is 2.51. The van der Waals surface area contributed by atoms with Crippen LogP contribution in [-0.4, -0.2) is 28.4 Å². The first kappa shape index (κ1) is 15.5. The second kappa shape index (κ2) is 7.75. The zero-order chi connectivity index (χ0) is 15.1. The summed E-state index contributed by atoms with van der Waals surface area (Å²) in [7, 11) is 0. The standard InChI is InChI=1S/C16H22N4O/c17-7-3-9-20(12-13-4-2-8-19-11-13)16(21)14-5-1-6-15(18)10-14/h2,4,8,11,14-15H,1,3,5-6,9-10,12,18H2. The lowest BCUT2D eigenvalue weighted by Crippen LogP contribution is -2.40. The molecule has 1 aliphatic rings. The predicted molar refractivity (Wildman–Crippen MR) is 79.8 cm³/mol. The first-order valence-electron chi connectivity index (χ1n) is 7.51. The lowest BCUT2D eigenvalue weighted by molar-refractivity contribution is -0.137. The third-order valence-corrected chi connectivity index (χ3v) is 3.97. The van der Waals surface area contributed by atoms with E-state index in [0.717, 1.165) is 31.2 Å². The summed E-state index contributed by atoms with van der Waals surface area (Å²) in [6.45, 7) is 0.982. The number of aromatic nitrogens is 1. The number of carbonyl (C=O) groups is 1. The highest BCUT2D eigenvalue weighted by atomic mass is 16.2. The molecule has 0 bridgehead atoms. The smallest absolute Gasteiger partial charge is 0.226 e. The van der Waals surface area contributed by atoms with Crippen LogP contribution in [0.3, 0.4) is 0 Å². The Morgan fingerprint density at radius 1 is 1.52 bits per heavy atom. The highest BCUT2D eigenvalue weighted by Crippen LogP contribution is 2.25. The van der Waals surface area contributed by atoms with E-state index in [9.17, 15) is 4.79 Å². The average molecular weight is 286 g/mol. The lowest BCUT2D eigenvalue weighted by Gasteiger charge is -2.31. The molecule has 112 valence electrons. The van der Waals surface area contributed by atoms with Crippen LogP contribution in [0.4, 0.5) is 0 Å². The van der Waals surface area contributed by atoms with Crippen molar-refractivity contribution in [3.8, 4) is 6.07 Å². The Hall–Kier alpha value is -1.93. The van der Waals surface area contributed by atoms with E-state index in [-0.39, 0.29) is 17.9 Å². The van der Waals surface area contributed by atoms with Crippen molar-refractivity contribution in [2.75, 3.05) is 6.54 Å². The number of hydrogen-bond donors (Lipinski definition) is 1. The van der Waals surface area contributed by atoms with Gasteiger partial charge in [0.25, 0.3) is 0 Å². The van der Waals surface area contributed by atoms with Gasteiger partial charge in [0.2, 0.25) is 5.91 Å². The minimum absolute atomic E-state index is 0.00381. The Morgan fingerprint density at radius 2 is 2.38 bits per heavy atom. The van der Waals surface area contributed by atoms with Crippen LogP contribution in [-0.2, 0) is 11.3 Å². The van der Waals surface area contributed by atoms with Crippen molar-refractivity contribution in [2.24, 2.45) is 11.7 Å². The van der Waals surface area contributed by atoms with Crippen LogP contribution in [0.5, 0.6) is 0 Å². The highest BCUT2D eigenvalue weighted by molar-refractivity contribution is 5.79. The molecular weight excluding hydrogens is 264 g/mol. The maximum atomic E-state index is 12.7. The van der Waals surface area contributed by atoms with E-state index >= 15 is 0 Å². The molecular formula is C16H22N4O. The number of amides is 1. The minimum Gasteiger partial charge on any atom is -0.337 e. The number of pyridine rings is 1. The Morgan fingerprint density at radius 3 is 3.05 bits per heavy atom. The second-order valence-electron chi connectivity index (χ2n) is 5.65. The summed E-state index contributed by atoms with van der Waals surface area (Å²) in [5.74, 6) is 0.133. The SMILES string of the molecule is N#CCCN(Cc1cccnc1)C(=O)C1CCCC(N)C1. The van der Waals surface area contributed by atoms with E-state index < -0.39 is 0 Å². The fraction of sp³-hybridized carbons (Fsp3) is 0.562. The maximum absolute atomic E-state index is 12.7. The molecule has 0 saturated heterocycles. The molecule has 1 amide bonds. The van der Waals surface area contributed by atoms with Crippen LogP contribution in [0.1, 0.15) is 37.7 Å². The van der Waals surface area contributed by atoms with Gasteiger partial charge in [0.15, 0.2) is 0 Å². The van der Waals surface area contributed by atoms with E-state index in [2.05, 4.69) is 11.1 Å². The zero-order valence-corrected chi connectivity index (χ0v) is 12.2. The molecule has 2 N–H and O–H groups in total. The Kier molecular flexibility index (Phi) is 5.70. The molecule has 1 saturated carbocycles. The van der Waals surface area contributed by atoms with Gasteiger partial charge < -0.3 is 10.6 Å². The molecule has 5 nitrogen and oxygen atoms in total. The minimum atomic E-state index is 0.00381. The van der Waals surface area contributed by atoms with Crippen molar-refractivity contribution in [2.45, 2.75) is 44.7 Å². The third kappa shape index (κ3) is 4.54. The summed E-state index contributed by atoms with van der Waals surface area (Å²) in [6, 6.07) is 6.06. The van der Waals surface area contributed by atoms with Crippen LogP contribution in [0.15, 0.2) is 24.5 Å². The van der Waals surface area contributed by atoms with Crippen molar-refractivity contribution >= 4 is 5.91 Å². The topological polar surface area (TPSA) is 83.0 Å². The zero-order valence-electron chi connectivity index (χ0n) is 12.2. The van der Waals surface area contributed by atoms with Gasteiger partial charge in [-0.05, 0) is 30.9 Å². The van der Waals surface area contributed by atoms with Crippen molar-refractivity contribution in [3.63, 3.8) is 0 Å². The summed E-state index contributed by atoms with van der Waals surface area (Å²) in [5, 5.41) is 8.80. The molecule has 5 heteroatoms. The largest absolute Gasteiger partial charge is 0.337 e. The molecule has 2 unspecified atom stereocenters. The van der Waals surface area contributed by atoms with Crippen LogP contribution in [0.2, 0.25) is 0 Å². The fourth-order valence-electron chi connectivity index (χ4n) is 2.87. The molecule has 0 aliphatic heterocycles. The monoisotopic (exact) mass is 286 g/mol. The van der Waals surface area contributed by atoms with Crippen molar-refractivity contribution < 1.29 is 4.79 Å². The predicted octanol–water partition coefficient (Wildman–Crippen LogP) is 1.84. The lowest BCUT2D eigenvalue weighted by atomic mass is 9.85. The molecule has 1 aliphatic carbocycles. The molecule has 1 fully saturated rings. The first-order valence-corrected chi connectivity index (χ1v) is 7.51. The van der Waals surface area contributed by atoms with Crippen molar-refractivity contribution in [1.82, 2.24) is 9.88 Å². The number of rotatable bonds is 5. The molecule has 0 aromatic carbocycles. The fourth-order valence-corrected chi connectivity index (χ4v) is 2.87. The molecule has 1 aromatic heterocycles. The van der Waals surface area contributed by atoms with Gasteiger partial charge in [0.05, 0.1) is 12.5 Å². The molecule has 2 rings (SSSR count). The van der Waals surface area contributed by atoms with Gasteiger partial charge in [-0.15, -0.1) is 0 Å². The van der Waals surface area contributed by atoms with Gasteiger partial charge in [-0.1, -0.05) is 12.5 Å². The Balaban J connectivity index is 2.04. The van der Waals surface area contributed by atoms with Gasteiger partial charge in [0, 0.05) is 37.4 Å².